The van der Waals surface area contributed by atoms with Gasteiger partial charge in [-0.3, -0.25) is 4.79 Å². The van der Waals surface area contributed by atoms with E-state index in [1.807, 2.05) is 19.1 Å². The number of ether oxygens (including phenoxy) is 1. The van der Waals surface area contributed by atoms with E-state index in [4.69, 9.17) is 4.74 Å². The second-order valence-electron chi connectivity index (χ2n) is 4.44. The zero-order chi connectivity index (χ0) is 14.4. The molecule has 106 valence electrons. The van der Waals surface area contributed by atoms with Gasteiger partial charge in [-0.25, -0.2) is 0 Å². The first-order valence-corrected chi connectivity index (χ1v) is 7.30. The molecule has 0 radical (unpaired) electrons. The number of hydrogen-bond acceptors (Lipinski definition) is 5. The van der Waals surface area contributed by atoms with E-state index in [1.165, 1.54) is 16.9 Å². The molecule has 1 aromatic carbocycles. The second-order valence-corrected chi connectivity index (χ2v) is 5.28. The van der Waals surface area contributed by atoms with Crippen LogP contribution in [0.3, 0.4) is 0 Å². The molecule has 1 amide bonds. The Morgan fingerprint density at radius 3 is 3.00 bits per heavy atom. The Morgan fingerprint density at radius 2 is 2.25 bits per heavy atom. The SMILES string of the molecule is Cc1cccc(OCCCC(=O)Nc2nncs2)c1C. The average molecular weight is 291 g/mol. The lowest BCUT2D eigenvalue weighted by Crippen LogP contribution is -2.12. The van der Waals surface area contributed by atoms with Gasteiger partial charge in [-0.05, 0) is 37.5 Å². The Hall–Kier alpha value is -1.95. The molecule has 0 aliphatic rings. The highest BCUT2D eigenvalue weighted by Gasteiger charge is 2.05. The van der Waals surface area contributed by atoms with Crippen molar-refractivity contribution in [2.75, 3.05) is 11.9 Å². The van der Waals surface area contributed by atoms with Crippen molar-refractivity contribution in [3.8, 4) is 5.75 Å². The minimum atomic E-state index is -0.0636. The van der Waals surface area contributed by atoms with Gasteiger partial charge in [0, 0.05) is 6.42 Å². The molecule has 0 saturated carbocycles. The van der Waals surface area contributed by atoms with Crippen molar-refractivity contribution in [3.63, 3.8) is 0 Å². The van der Waals surface area contributed by atoms with Gasteiger partial charge < -0.3 is 10.1 Å². The zero-order valence-corrected chi connectivity index (χ0v) is 12.4. The van der Waals surface area contributed by atoms with Crippen LogP contribution in [0.1, 0.15) is 24.0 Å². The van der Waals surface area contributed by atoms with Gasteiger partial charge in [-0.1, -0.05) is 23.5 Å². The molecule has 0 bridgehead atoms. The van der Waals surface area contributed by atoms with Crippen LogP contribution in [0, 0.1) is 13.8 Å². The number of hydrogen-bond donors (Lipinski definition) is 1. The molecule has 0 atom stereocenters. The van der Waals surface area contributed by atoms with Crippen molar-refractivity contribution in [2.24, 2.45) is 0 Å². The smallest absolute Gasteiger partial charge is 0.226 e. The summed E-state index contributed by atoms with van der Waals surface area (Å²) in [7, 11) is 0. The number of nitrogens with zero attached hydrogens (tertiary/aromatic N) is 2. The van der Waals surface area contributed by atoms with Gasteiger partial charge in [0.1, 0.15) is 11.3 Å². The van der Waals surface area contributed by atoms with E-state index in [1.54, 1.807) is 5.51 Å². The predicted octanol–water partition coefficient (Wildman–Crippen LogP) is 2.95. The Bertz CT molecular complexity index is 570. The van der Waals surface area contributed by atoms with Crippen molar-refractivity contribution in [3.05, 3.63) is 34.8 Å². The third-order valence-corrected chi connectivity index (χ3v) is 3.57. The number of rotatable bonds is 6. The van der Waals surface area contributed by atoms with Crippen LogP contribution in [0.5, 0.6) is 5.75 Å². The molecule has 2 rings (SSSR count). The van der Waals surface area contributed by atoms with Gasteiger partial charge >= 0.3 is 0 Å². The van der Waals surface area contributed by atoms with E-state index in [2.05, 4.69) is 28.5 Å². The van der Waals surface area contributed by atoms with Crippen molar-refractivity contribution in [1.82, 2.24) is 10.2 Å². The van der Waals surface area contributed by atoms with Crippen LogP contribution in [0.25, 0.3) is 0 Å². The lowest BCUT2D eigenvalue weighted by Gasteiger charge is -2.10. The van der Waals surface area contributed by atoms with Gasteiger partial charge in [0.15, 0.2) is 0 Å². The fourth-order valence-corrected chi connectivity index (χ4v) is 2.17. The molecule has 1 heterocycles. The van der Waals surface area contributed by atoms with Crippen molar-refractivity contribution >= 4 is 22.4 Å². The first kappa shape index (κ1) is 14.5. The highest BCUT2D eigenvalue weighted by molar-refractivity contribution is 7.13. The number of aromatic nitrogens is 2. The molecule has 0 spiro atoms. The molecule has 1 N–H and O–H groups in total. The highest BCUT2D eigenvalue weighted by Crippen LogP contribution is 2.20. The van der Waals surface area contributed by atoms with E-state index in [-0.39, 0.29) is 5.91 Å². The molecule has 20 heavy (non-hydrogen) atoms. The quantitative estimate of drug-likeness (QED) is 0.831. The Labute approximate surface area is 122 Å². The summed E-state index contributed by atoms with van der Waals surface area (Å²) in [6, 6.07) is 5.97. The van der Waals surface area contributed by atoms with E-state index in [0.717, 1.165) is 11.3 Å². The summed E-state index contributed by atoms with van der Waals surface area (Å²) in [5, 5.41) is 10.6. The van der Waals surface area contributed by atoms with Gasteiger partial charge in [-0.2, -0.15) is 0 Å². The topological polar surface area (TPSA) is 64.1 Å². The Kier molecular flexibility index (Phi) is 5.06. The predicted molar refractivity (Wildman–Crippen MR) is 79.2 cm³/mol. The molecule has 1 aromatic heterocycles. The summed E-state index contributed by atoms with van der Waals surface area (Å²) in [4.78, 5) is 11.6. The van der Waals surface area contributed by atoms with Crippen molar-refractivity contribution in [1.29, 1.82) is 0 Å². The maximum absolute atomic E-state index is 11.6. The van der Waals surface area contributed by atoms with E-state index in [0.29, 0.717) is 24.6 Å². The van der Waals surface area contributed by atoms with Crippen LogP contribution >= 0.6 is 11.3 Å². The third-order valence-electron chi connectivity index (χ3n) is 2.97. The second kappa shape index (κ2) is 7.00. The summed E-state index contributed by atoms with van der Waals surface area (Å²) < 4.78 is 5.70. The van der Waals surface area contributed by atoms with Gasteiger partial charge in [0.25, 0.3) is 0 Å². The standard InChI is InChI=1S/C14H17N3O2S/c1-10-5-3-6-12(11(10)2)19-8-4-7-13(18)16-14-17-15-9-20-14/h3,5-6,9H,4,7-8H2,1-2H3,(H,16,17,18). The minimum Gasteiger partial charge on any atom is -0.493 e. The minimum absolute atomic E-state index is 0.0636. The third kappa shape index (κ3) is 4.03. The lowest BCUT2D eigenvalue weighted by molar-refractivity contribution is -0.116. The monoisotopic (exact) mass is 291 g/mol. The molecular formula is C14H17N3O2S. The summed E-state index contributed by atoms with van der Waals surface area (Å²) in [5.41, 5.74) is 3.93. The molecule has 0 fully saturated rings. The number of carbonyl (C=O) groups is 1. The van der Waals surface area contributed by atoms with Gasteiger partial charge in [0.2, 0.25) is 11.0 Å². The first-order valence-electron chi connectivity index (χ1n) is 6.42. The van der Waals surface area contributed by atoms with Crippen LogP contribution in [-0.4, -0.2) is 22.7 Å². The number of amides is 1. The van der Waals surface area contributed by atoms with Crippen molar-refractivity contribution < 1.29 is 9.53 Å². The Morgan fingerprint density at radius 1 is 1.40 bits per heavy atom. The molecule has 0 aliphatic heterocycles. The first-order chi connectivity index (χ1) is 9.66. The lowest BCUT2D eigenvalue weighted by atomic mass is 10.1. The molecule has 6 heteroatoms. The maximum Gasteiger partial charge on any atom is 0.226 e. The van der Waals surface area contributed by atoms with E-state index < -0.39 is 0 Å². The molecule has 2 aromatic rings. The average Bonchev–Trinajstić information content (AvgIpc) is 2.92. The van der Waals surface area contributed by atoms with Gasteiger partial charge in [-0.15, -0.1) is 10.2 Å². The summed E-state index contributed by atoms with van der Waals surface area (Å²) >= 11 is 1.31. The molecule has 5 nitrogen and oxygen atoms in total. The van der Waals surface area contributed by atoms with Crippen LogP contribution in [0.4, 0.5) is 5.13 Å². The molecule has 0 unspecified atom stereocenters. The van der Waals surface area contributed by atoms with Crippen LogP contribution in [0.15, 0.2) is 23.7 Å². The number of aryl methyl sites for hydroxylation is 1. The van der Waals surface area contributed by atoms with E-state index >= 15 is 0 Å². The Balaban J connectivity index is 1.71. The maximum atomic E-state index is 11.6. The molecular weight excluding hydrogens is 274 g/mol. The van der Waals surface area contributed by atoms with Crippen LogP contribution in [-0.2, 0) is 4.79 Å². The zero-order valence-electron chi connectivity index (χ0n) is 11.5. The normalized spacial score (nSPS) is 10.3. The van der Waals surface area contributed by atoms with Crippen LogP contribution in [0.2, 0.25) is 0 Å². The number of anilines is 1. The summed E-state index contributed by atoms with van der Waals surface area (Å²) in [5.74, 6) is 0.820. The van der Waals surface area contributed by atoms with E-state index in [9.17, 15) is 4.79 Å². The number of nitrogens with one attached hydrogen (secondary N) is 1. The van der Waals surface area contributed by atoms with Crippen LogP contribution < -0.4 is 10.1 Å². The molecule has 0 aliphatic carbocycles. The largest absolute Gasteiger partial charge is 0.493 e. The summed E-state index contributed by atoms with van der Waals surface area (Å²) in [6.45, 7) is 4.61. The molecule has 0 saturated heterocycles. The van der Waals surface area contributed by atoms with Crippen molar-refractivity contribution in [2.45, 2.75) is 26.7 Å². The fraction of sp³-hybridized carbons (Fsp3) is 0.357. The fourth-order valence-electron chi connectivity index (χ4n) is 1.70. The number of carbonyl (C=O) groups excluding carboxylic acids is 1. The van der Waals surface area contributed by atoms with Gasteiger partial charge in [0.05, 0.1) is 6.61 Å². The summed E-state index contributed by atoms with van der Waals surface area (Å²) in [6.07, 6.45) is 1.07. The number of benzene rings is 1. The highest BCUT2D eigenvalue weighted by atomic mass is 32.1.